The van der Waals surface area contributed by atoms with Gasteiger partial charge >= 0.3 is 6.09 Å². The number of aliphatic hydroxyl groups is 1. The number of para-hydroxylation sites is 1. The molecular weight excluding hydrogens is 448 g/mol. The summed E-state index contributed by atoms with van der Waals surface area (Å²) in [5, 5.41) is 13.3. The molecule has 1 atom stereocenters. The topological polar surface area (TPSA) is 112 Å². The molecule has 0 radical (unpaired) electrons. The fourth-order valence-corrected chi connectivity index (χ4v) is 3.96. The van der Waals surface area contributed by atoms with Crippen LogP contribution in [0.15, 0.2) is 66.7 Å². The lowest BCUT2D eigenvalue weighted by Gasteiger charge is -2.26. The van der Waals surface area contributed by atoms with Gasteiger partial charge in [-0.05, 0) is 24.1 Å². The Morgan fingerprint density at radius 2 is 1.63 bits per heavy atom. The number of amides is 3. The van der Waals surface area contributed by atoms with Gasteiger partial charge in [0.2, 0.25) is 5.91 Å². The number of fused-ring (bicyclic) bond motifs is 1. The number of carbonyl (C=O) groups is 3. The van der Waals surface area contributed by atoms with Gasteiger partial charge < -0.3 is 25.0 Å². The molecule has 1 aromatic heterocycles. The van der Waals surface area contributed by atoms with Crippen molar-refractivity contribution in [2.45, 2.75) is 19.1 Å². The average molecular weight is 477 g/mol. The summed E-state index contributed by atoms with van der Waals surface area (Å²) in [6.07, 6.45) is 0.127. The zero-order chi connectivity index (χ0) is 24.6. The number of ether oxygens (including phenoxy) is 1. The third-order valence-electron chi connectivity index (χ3n) is 5.89. The number of aliphatic hydroxyl groups excluding tert-OH is 1. The molecule has 182 valence electrons. The minimum absolute atomic E-state index is 0.165. The molecule has 9 heteroatoms. The van der Waals surface area contributed by atoms with Crippen molar-refractivity contribution in [1.82, 2.24) is 20.1 Å². The molecule has 0 bridgehead atoms. The van der Waals surface area contributed by atoms with Crippen molar-refractivity contribution in [3.8, 4) is 0 Å². The van der Waals surface area contributed by atoms with Crippen LogP contribution in [0.4, 0.5) is 4.79 Å². The molecule has 1 fully saturated rings. The summed E-state index contributed by atoms with van der Waals surface area (Å²) < 4.78 is 5.40. The van der Waals surface area contributed by atoms with Gasteiger partial charge in [-0.25, -0.2) is 9.78 Å². The fraction of sp³-hybridized carbons (Fsp3) is 0.308. The van der Waals surface area contributed by atoms with E-state index in [2.05, 4.69) is 10.3 Å². The molecule has 1 aliphatic rings. The number of hydrogen-bond acceptors (Lipinski definition) is 6. The number of nitrogens with zero attached hydrogens (tertiary/aromatic N) is 3. The highest BCUT2D eigenvalue weighted by Crippen LogP contribution is 2.13. The highest BCUT2D eigenvalue weighted by molar-refractivity contribution is 5.97. The molecule has 2 heterocycles. The second-order valence-electron chi connectivity index (χ2n) is 8.30. The van der Waals surface area contributed by atoms with E-state index in [9.17, 15) is 19.5 Å². The van der Waals surface area contributed by atoms with Crippen LogP contribution in [0.2, 0.25) is 0 Å². The first-order chi connectivity index (χ1) is 17.0. The standard InChI is InChI=1S/C26H28N4O5/c31-17-23(28-24(32)22-12-11-20-9-4-5-10-21(20)27-22)25(33)29-13-6-14-30(16-15-29)26(34)35-18-19-7-2-1-3-8-19/h1-5,7-12,23,31H,6,13-18H2,(H,28,32). The van der Waals surface area contributed by atoms with Crippen LogP contribution >= 0.6 is 0 Å². The summed E-state index contributed by atoms with van der Waals surface area (Å²) in [5.74, 6) is -0.940. The summed E-state index contributed by atoms with van der Waals surface area (Å²) in [7, 11) is 0. The average Bonchev–Trinajstić information content (AvgIpc) is 3.16. The molecule has 1 saturated heterocycles. The molecule has 0 saturated carbocycles. The van der Waals surface area contributed by atoms with E-state index in [1.807, 2.05) is 48.5 Å². The van der Waals surface area contributed by atoms with Crippen molar-refractivity contribution in [3.05, 3.63) is 78.0 Å². The molecule has 3 aromatic rings. The zero-order valence-electron chi connectivity index (χ0n) is 19.3. The second kappa shape index (κ2) is 11.4. The van der Waals surface area contributed by atoms with Crippen LogP contribution in [0.1, 0.15) is 22.5 Å². The molecule has 1 aliphatic heterocycles. The molecule has 35 heavy (non-hydrogen) atoms. The van der Waals surface area contributed by atoms with Crippen LogP contribution in [0, 0.1) is 0 Å². The largest absolute Gasteiger partial charge is 0.445 e. The highest BCUT2D eigenvalue weighted by Gasteiger charge is 2.29. The van der Waals surface area contributed by atoms with E-state index in [1.54, 1.807) is 28.0 Å². The number of aromatic nitrogens is 1. The normalized spacial score (nSPS) is 14.8. The number of rotatable bonds is 6. The van der Waals surface area contributed by atoms with Crippen molar-refractivity contribution < 1.29 is 24.2 Å². The van der Waals surface area contributed by atoms with Crippen molar-refractivity contribution in [1.29, 1.82) is 0 Å². The number of nitrogens with one attached hydrogen (secondary N) is 1. The molecule has 2 aromatic carbocycles. The van der Waals surface area contributed by atoms with Gasteiger partial charge in [-0.3, -0.25) is 9.59 Å². The Kier molecular flexibility index (Phi) is 7.89. The maximum atomic E-state index is 13.0. The van der Waals surface area contributed by atoms with E-state index in [0.29, 0.717) is 31.6 Å². The summed E-state index contributed by atoms with van der Waals surface area (Å²) in [6, 6.07) is 19.1. The van der Waals surface area contributed by atoms with Gasteiger partial charge in [-0.15, -0.1) is 0 Å². The monoisotopic (exact) mass is 476 g/mol. The van der Waals surface area contributed by atoms with E-state index >= 15 is 0 Å². The van der Waals surface area contributed by atoms with Crippen LogP contribution in [-0.4, -0.2) is 76.6 Å². The number of carbonyl (C=O) groups excluding carboxylic acids is 3. The Morgan fingerprint density at radius 3 is 2.43 bits per heavy atom. The first kappa shape index (κ1) is 24.2. The molecule has 9 nitrogen and oxygen atoms in total. The maximum Gasteiger partial charge on any atom is 0.410 e. The lowest BCUT2D eigenvalue weighted by molar-refractivity contribution is -0.134. The van der Waals surface area contributed by atoms with E-state index in [4.69, 9.17) is 4.74 Å². The van der Waals surface area contributed by atoms with Gasteiger partial charge in [0.15, 0.2) is 0 Å². The second-order valence-corrected chi connectivity index (χ2v) is 8.30. The molecule has 0 aliphatic carbocycles. The quantitative estimate of drug-likeness (QED) is 0.564. The van der Waals surface area contributed by atoms with Crippen molar-refractivity contribution in [2.75, 3.05) is 32.8 Å². The smallest absolute Gasteiger partial charge is 0.410 e. The Morgan fingerprint density at radius 1 is 0.914 bits per heavy atom. The Labute approximate surface area is 203 Å². The van der Waals surface area contributed by atoms with E-state index in [-0.39, 0.29) is 18.8 Å². The molecular formula is C26H28N4O5. The van der Waals surface area contributed by atoms with Crippen LogP contribution in [0.3, 0.4) is 0 Å². The minimum atomic E-state index is -1.10. The van der Waals surface area contributed by atoms with Crippen molar-refractivity contribution >= 4 is 28.8 Å². The maximum absolute atomic E-state index is 13.0. The van der Waals surface area contributed by atoms with Crippen LogP contribution in [-0.2, 0) is 16.1 Å². The van der Waals surface area contributed by atoms with Gasteiger partial charge in [-0.2, -0.15) is 0 Å². The molecule has 4 rings (SSSR count). The number of benzene rings is 2. The van der Waals surface area contributed by atoms with Gasteiger partial charge in [0.1, 0.15) is 18.3 Å². The predicted molar refractivity (Wildman–Crippen MR) is 129 cm³/mol. The van der Waals surface area contributed by atoms with E-state index in [0.717, 1.165) is 10.9 Å². The first-order valence-electron chi connectivity index (χ1n) is 11.6. The third-order valence-corrected chi connectivity index (χ3v) is 5.89. The Balaban J connectivity index is 1.32. The third kappa shape index (κ3) is 6.13. The number of pyridine rings is 1. The van der Waals surface area contributed by atoms with Crippen LogP contribution in [0.5, 0.6) is 0 Å². The molecule has 2 N–H and O–H groups in total. The summed E-state index contributed by atoms with van der Waals surface area (Å²) >= 11 is 0. The van der Waals surface area contributed by atoms with E-state index < -0.39 is 30.6 Å². The van der Waals surface area contributed by atoms with Gasteiger partial charge in [0.25, 0.3) is 5.91 Å². The SMILES string of the molecule is O=C(NC(CO)C(=O)N1CCCN(C(=O)OCc2ccccc2)CC1)c1ccc2ccccc2n1. The van der Waals surface area contributed by atoms with Crippen molar-refractivity contribution in [2.24, 2.45) is 0 Å². The Hall–Kier alpha value is -3.98. The summed E-state index contributed by atoms with van der Waals surface area (Å²) in [6.45, 7) is 1.08. The predicted octanol–water partition coefficient (Wildman–Crippen LogP) is 2.20. The minimum Gasteiger partial charge on any atom is -0.445 e. The number of hydrogen-bond donors (Lipinski definition) is 2. The van der Waals surface area contributed by atoms with E-state index in [1.165, 1.54) is 0 Å². The van der Waals surface area contributed by atoms with Gasteiger partial charge in [-0.1, -0.05) is 54.6 Å². The van der Waals surface area contributed by atoms with Crippen LogP contribution in [0.25, 0.3) is 10.9 Å². The van der Waals surface area contributed by atoms with Crippen LogP contribution < -0.4 is 5.32 Å². The lowest BCUT2D eigenvalue weighted by atomic mass is 10.2. The molecule has 3 amide bonds. The lowest BCUT2D eigenvalue weighted by Crippen LogP contribution is -2.51. The first-order valence-corrected chi connectivity index (χ1v) is 11.6. The molecule has 0 spiro atoms. The zero-order valence-corrected chi connectivity index (χ0v) is 19.3. The van der Waals surface area contributed by atoms with Gasteiger partial charge in [0.05, 0.1) is 12.1 Å². The molecule has 1 unspecified atom stereocenters. The van der Waals surface area contributed by atoms with Gasteiger partial charge in [0, 0.05) is 31.6 Å². The highest BCUT2D eigenvalue weighted by atomic mass is 16.6. The Bertz CT molecular complexity index is 1190. The summed E-state index contributed by atoms with van der Waals surface area (Å²) in [4.78, 5) is 45.7. The van der Waals surface area contributed by atoms with Crippen molar-refractivity contribution in [3.63, 3.8) is 0 Å². The summed E-state index contributed by atoms with van der Waals surface area (Å²) in [5.41, 5.74) is 1.73. The fourth-order valence-electron chi connectivity index (χ4n) is 3.96.